The molecule has 0 radical (unpaired) electrons. The first kappa shape index (κ1) is 13.1. The van der Waals surface area contributed by atoms with Crippen LogP contribution in [0.5, 0.6) is 0 Å². The van der Waals surface area contributed by atoms with Gasteiger partial charge in [-0.05, 0) is 37.5 Å². The van der Waals surface area contributed by atoms with E-state index in [1.165, 1.54) is 12.8 Å². The van der Waals surface area contributed by atoms with Gasteiger partial charge < -0.3 is 4.57 Å². The molecule has 0 aromatic carbocycles. The summed E-state index contributed by atoms with van der Waals surface area (Å²) < 4.78 is 2.05. The summed E-state index contributed by atoms with van der Waals surface area (Å²) in [5.41, 5.74) is 0.311. The molecule has 0 atom stereocenters. The van der Waals surface area contributed by atoms with Gasteiger partial charge in [0, 0.05) is 25.9 Å². The first-order chi connectivity index (χ1) is 8.46. The third-order valence-electron chi connectivity index (χ3n) is 4.55. The second-order valence-corrected chi connectivity index (χ2v) is 6.51. The van der Waals surface area contributed by atoms with E-state index in [1.54, 1.807) is 0 Å². The van der Waals surface area contributed by atoms with Crippen molar-refractivity contribution in [2.24, 2.45) is 17.9 Å². The van der Waals surface area contributed by atoms with Crippen LogP contribution < -0.4 is 0 Å². The average Bonchev–Trinajstić information content (AvgIpc) is 2.75. The highest BCUT2D eigenvalue weighted by Crippen LogP contribution is 2.46. The van der Waals surface area contributed by atoms with Crippen molar-refractivity contribution in [3.8, 4) is 6.07 Å². The van der Waals surface area contributed by atoms with Crippen molar-refractivity contribution in [2.75, 3.05) is 0 Å². The first-order valence-corrected chi connectivity index (χ1v) is 6.84. The molecule has 1 aliphatic carbocycles. The van der Waals surface area contributed by atoms with Gasteiger partial charge in [0.05, 0.1) is 11.5 Å². The fourth-order valence-electron chi connectivity index (χ4n) is 2.81. The molecule has 0 bridgehead atoms. The number of rotatable bonds is 3. The standard InChI is InChI=1S/C15H23N3/c1-14(2)6-8-15(12-16,9-7-14)5-4-13-17-10-11-18(13)3/h10-11H,4-9H2,1-3H3. The summed E-state index contributed by atoms with van der Waals surface area (Å²) in [4.78, 5) is 4.35. The van der Waals surface area contributed by atoms with E-state index in [1.807, 2.05) is 19.4 Å². The minimum atomic E-state index is -0.110. The smallest absolute Gasteiger partial charge is 0.108 e. The van der Waals surface area contributed by atoms with Crippen LogP contribution >= 0.6 is 0 Å². The van der Waals surface area contributed by atoms with Gasteiger partial charge in [0.1, 0.15) is 5.82 Å². The monoisotopic (exact) mass is 245 g/mol. The normalized spacial score (nSPS) is 21.4. The maximum atomic E-state index is 9.53. The third-order valence-corrected chi connectivity index (χ3v) is 4.55. The van der Waals surface area contributed by atoms with Crippen molar-refractivity contribution in [1.82, 2.24) is 9.55 Å². The van der Waals surface area contributed by atoms with E-state index in [0.717, 1.165) is 31.5 Å². The van der Waals surface area contributed by atoms with Gasteiger partial charge in [-0.15, -0.1) is 0 Å². The zero-order chi connectivity index (χ0) is 13.2. The predicted molar refractivity (Wildman–Crippen MR) is 71.8 cm³/mol. The minimum absolute atomic E-state index is 0.110. The number of hydrogen-bond acceptors (Lipinski definition) is 2. The average molecular weight is 245 g/mol. The lowest BCUT2D eigenvalue weighted by Crippen LogP contribution is -2.30. The zero-order valence-electron chi connectivity index (χ0n) is 11.7. The van der Waals surface area contributed by atoms with Crippen LogP contribution in [0.25, 0.3) is 0 Å². The Morgan fingerprint density at radius 2 is 2.00 bits per heavy atom. The van der Waals surface area contributed by atoms with Crippen molar-refractivity contribution >= 4 is 0 Å². The summed E-state index contributed by atoms with van der Waals surface area (Å²) >= 11 is 0. The Bertz CT molecular complexity index is 441. The van der Waals surface area contributed by atoms with Crippen molar-refractivity contribution in [3.63, 3.8) is 0 Å². The Morgan fingerprint density at radius 3 is 2.50 bits per heavy atom. The molecule has 0 saturated heterocycles. The summed E-state index contributed by atoms with van der Waals surface area (Å²) in [6.45, 7) is 4.63. The summed E-state index contributed by atoms with van der Waals surface area (Å²) in [6, 6.07) is 2.60. The molecule has 0 aliphatic heterocycles. The van der Waals surface area contributed by atoms with Crippen molar-refractivity contribution in [3.05, 3.63) is 18.2 Å². The highest BCUT2D eigenvalue weighted by atomic mass is 15.0. The summed E-state index contributed by atoms with van der Waals surface area (Å²) in [5, 5.41) is 9.53. The second kappa shape index (κ2) is 4.76. The van der Waals surface area contributed by atoms with E-state index < -0.39 is 0 Å². The molecule has 1 aromatic heterocycles. The van der Waals surface area contributed by atoms with Crippen LogP contribution in [0.1, 0.15) is 51.8 Å². The van der Waals surface area contributed by atoms with E-state index >= 15 is 0 Å². The topological polar surface area (TPSA) is 41.6 Å². The number of hydrogen-bond donors (Lipinski definition) is 0. The second-order valence-electron chi connectivity index (χ2n) is 6.51. The third kappa shape index (κ3) is 2.75. The molecular formula is C15H23N3. The van der Waals surface area contributed by atoms with Gasteiger partial charge in [0.15, 0.2) is 0 Å². The van der Waals surface area contributed by atoms with Crippen LogP contribution in [-0.4, -0.2) is 9.55 Å². The molecule has 1 aliphatic rings. The molecule has 3 heteroatoms. The van der Waals surface area contributed by atoms with Crippen LogP contribution in [0, 0.1) is 22.2 Å². The van der Waals surface area contributed by atoms with Gasteiger partial charge >= 0.3 is 0 Å². The SMILES string of the molecule is Cn1ccnc1CCC1(C#N)CCC(C)(C)CC1. The molecule has 0 spiro atoms. The van der Waals surface area contributed by atoms with Gasteiger partial charge in [-0.1, -0.05) is 13.8 Å². The quantitative estimate of drug-likeness (QED) is 0.818. The summed E-state index contributed by atoms with van der Waals surface area (Å²) in [7, 11) is 2.02. The van der Waals surface area contributed by atoms with Crippen LogP contribution in [-0.2, 0) is 13.5 Å². The Labute approximate surface area is 110 Å². The fourth-order valence-corrected chi connectivity index (χ4v) is 2.81. The summed E-state index contributed by atoms with van der Waals surface area (Å²) in [5.74, 6) is 1.09. The van der Waals surface area contributed by atoms with Crippen LogP contribution in [0.15, 0.2) is 12.4 Å². The zero-order valence-corrected chi connectivity index (χ0v) is 11.7. The molecule has 1 heterocycles. The van der Waals surface area contributed by atoms with E-state index in [4.69, 9.17) is 0 Å². The van der Waals surface area contributed by atoms with Crippen LogP contribution in [0.4, 0.5) is 0 Å². The number of nitriles is 1. The molecule has 0 unspecified atom stereocenters. The molecule has 2 rings (SSSR count). The lowest BCUT2D eigenvalue weighted by Gasteiger charge is -2.39. The predicted octanol–water partition coefficient (Wildman–Crippen LogP) is 3.46. The Hall–Kier alpha value is -1.30. The Morgan fingerprint density at radius 1 is 1.33 bits per heavy atom. The maximum absolute atomic E-state index is 9.53. The largest absolute Gasteiger partial charge is 0.338 e. The van der Waals surface area contributed by atoms with Crippen LogP contribution in [0.3, 0.4) is 0 Å². The maximum Gasteiger partial charge on any atom is 0.108 e. The number of nitrogens with zero attached hydrogens (tertiary/aromatic N) is 3. The molecular weight excluding hydrogens is 222 g/mol. The number of imidazole rings is 1. The lowest BCUT2D eigenvalue weighted by atomic mass is 9.64. The molecule has 0 N–H and O–H groups in total. The fraction of sp³-hybridized carbons (Fsp3) is 0.733. The van der Waals surface area contributed by atoms with Gasteiger partial charge in [-0.25, -0.2) is 4.98 Å². The molecule has 98 valence electrons. The Kier molecular flexibility index (Phi) is 3.47. The lowest BCUT2D eigenvalue weighted by molar-refractivity contribution is 0.138. The Balaban J connectivity index is 1.98. The van der Waals surface area contributed by atoms with Crippen molar-refractivity contribution in [2.45, 2.75) is 52.4 Å². The van der Waals surface area contributed by atoms with E-state index in [2.05, 4.69) is 29.5 Å². The number of aryl methyl sites for hydroxylation is 2. The van der Waals surface area contributed by atoms with Crippen molar-refractivity contribution in [1.29, 1.82) is 5.26 Å². The summed E-state index contributed by atoms with van der Waals surface area (Å²) in [6.07, 6.45) is 10.1. The van der Waals surface area contributed by atoms with Gasteiger partial charge in [0.25, 0.3) is 0 Å². The highest BCUT2D eigenvalue weighted by Gasteiger charge is 2.38. The minimum Gasteiger partial charge on any atom is -0.338 e. The van der Waals surface area contributed by atoms with Gasteiger partial charge in [-0.3, -0.25) is 0 Å². The van der Waals surface area contributed by atoms with E-state index in [0.29, 0.717) is 5.41 Å². The molecule has 1 fully saturated rings. The van der Waals surface area contributed by atoms with E-state index in [9.17, 15) is 5.26 Å². The van der Waals surface area contributed by atoms with Crippen LogP contribution in [0.2, 0.25) is 0 Å². The van der Waals surface area contributed by atoms with E-state index in [-0.39, 0.29) is 5.41 Å². The highest BCUT2D eigenvalue weighted by molar-refractivity contribution is 5.05. The molecule has 1 aromatic rings. The van der Waals surface area contributed by atoms with Gasteiger partial charge in [0.2, 0.25) is 0 Å². The number of aromatic nitrogens is 2. The van der Waals surface area contributed by atoms with Crippen molar-refractivity contribution < 1.29 is 0 Å². The molecule has 1 saturated carbocycles. The first-order valence-electron chi connectivity index (χ1n) is 6.84. The molecule has 3 nitrogen and oxygen atoms in total. The molecule has 18 heavy (non-hydrogen) atoms. The molecule has 0 amide bonds. The van der Waals surface area contributed by atoms with Gasteiger partial charge in [-0.2, -0.15) is 5.26 Å².